The molecule has 1 amide bonds. The van der Waals surface area contributed by atoms with Gasteiger partial charge in [-0.2, -0.15) is 0 Å². The Kier molecular flexibility index (Phi) is 4.92. The van der Waals surface area contributed by atoms with Gasteiger partial charge in [0.1, 0.15) is 5.82 Å². The molecule has 0 spiro atoms. The third kappa shape index (κ3) is 3.45. The Morgan fingerprint density at radius 3 is 2.68 bits per heavy atom. The summed E-state index contributed by atoms with van der Waals surface area (Å²) in [5.41, 5.74) is 1.55. The average Bonchev–Trinajstić information content (AvgIpc) is 2.95. The molecule has 3 aromatic rings. The van der Waals surface area contributed by atoms with Crippen LogP contribution in [-0.2, 0) is 11.3 Å². The highest BCUT2D eigenvalue weighted by Crippen LogP contribution is 2.34. The van der Waals surface area contributed by atoms with Gasteiger partial charge < -0.3 is 10.1 Å². The van der Waals surface area contributed by atoms with Gasteiger partial charge in [-0.3, -0.25) is 9.59 Å². The van der Waals surface area contributed by atoms with Crippen LogP contribution in [-0.4, -0.2) is 18.8 Å². The predicted molar refractivity (Wildman–Crippen MR) is 96.9 cm³/mol. The van der Waals surface area contributed by atoms with E-state index in [2.05, 4.69) is 5.32 Å². The van der Waals surface area contributed by atoms with Crippen molar-refractivity contribution in [2.75, 3.05) is 12.4 Å². The van der Waals surface area contributed by atoms with Gasteiger partial charge in [-0.05, 0) is 31.2 Å². The van der Waals surface area contributed by atoms with Gasteiger partial charge >= 0.3 is 0 Å². The van der Waals surface area contributed by atoms with Crippen molar-refractivity contribution in [3.8, 4) is 0 Å². The van der Waals surface area contributed by atoms with E-state index in [4.69, 9.17) is 4.74 Å². The van der Waals surface area contributed by atoms with E-state index >= 15 is 0 Å². The van der Waals surface area contributed by atoms with E-state index in [9.17, 15) is 14.0 Å². The molecule has 0 atom stereocenters. The monoisotopic (exact) mass is 357 g/mol. The number of nitrogens with one attached hydrogen (secondary N) is 1. The number of Topliss-reactive ketones (excluding diaryl/α,β-unsaturated/α-hetero) is 1. The van der Waals surface area contributed by atoms with Crippen LogP contribution in [0.25, 0.3) is 10.1 Å². The zero-order chi connectivity index (χ0) is 18.0. The Bertz CT molecular complexity index is 964. The number of thiophene rings is 1. The van der Waals surface area contributed by atoms with Crippen LogP contribution in [0.5, 0.6) is 0 Å². The molecule has 6 heteroatoms. The fourth-order valence-corrected chi connectivity index (χ4v) is 3.75. The molecule has 0 radical (unpaired) electrons. The molecule has 0 aliphatic carbocycles. The van der Waals surface area contributed by atoms with Crippen molar-refractivity contribution in [1.29, 1.82) is 0 Å². The van der Waals surface area contributed by atoms with Gasteiger partial charge in [0.05, 0.1) is 11.5 Å². The Morgan fingerprint density at radius 2 is 1.96 bits per heavy atom. The number of ketones is 1. The smallest absolute Gasteiger partial charge is 0.266 e. The third-order valence-corrected chi connectivity index (χ3v) is 4.98. The number of carbonyl (C=O) groups excluding carboxylic acids is 2. The molecule has 0 saturated carbocycles. The highest BCUT2D eigenvalue weighted by atomic mass is 32.1. The van der Waals surface area contributed by atoms with Gasteiger partial charge in [0, 0.05) is 34.0 Å². The largest absolute Gasteiger partial charge is 0.380 e. The van der Waals surface area contributed by atoms with Crippen LogP contribution in [0.15, 0.2) is 42.5 Å². The Balaban J connectivity index is 1.99. The Morgan fingerprint density at radius 1 is 1.20 bits per heavy atom. The van der Waals surface area contributed by atoms with E-state index < -0.39 is 0 Å². The van der Waals surface area contributed by atoms with Gasteiger partial charge in [0.2, 0.25) is 0 Å². The summed E-state index contributed by atoms with van der Waals surface area (Å²) < 4.78 is 20.0. The molecule has 1 N–H and O–H groups in total. The molecule has 0 aliphatic heterocycles. The second-order valence-electron chi connectivity index (χ2n) is 5.55. The second kappa shape index (κ2) is 7.13. The normalized spacial score (nSPS) is 10.8. The van der Waals surface area contributed by atoms with E-state index in [1.54, 1.807) is 36.4 Å². The van der Waals surface area contributed by atoms with Gasteiger partial charge in [0.15, 0.2) is 5.78 Å². The number of ether oxygens (including phenoxy) is 1. The number of benzene rings is 2. The molecule has 25 heavy (non-hydrogen) atoms. The van der Waals surface area contributed by atoms with Crippen LogP contribution in [0.1, 0.15) is 32.5 Å². The van der Waals surface area contributed by atoms with E-state index in [1.165, 1.54) is 31.4 Å². The van der Waals surface area contributed by atoms with Crippen LogP contribution in [0.3, 0.4) is 0 Å². The summed E-state index contributed by atoms with van der Waals surface area (Å²) in [6.07, 6.45) is 0. The van der Waals surface area contributed by atoms with E-state index in [-0.39, 0.29) is 24.1 Å². The number of halogens is 1. The molecule has 0 saturated heterocycles. The summed E-state index contributed by atoms with van der Waals surface area (Å²) in [5, 5.41) is 3.19. The predicted octanol–water partition coefficient (Wildman–Crippen LogP) is 4.64. The molecule has 0 bridgehead atoms. The van der Waals surface area contributed by atoms with Crippen molar-refractivity contribution in [2.24, 2.45) is 0 Å². The second-order valence-corrected chi connectivity index (χ2v) is 6.60. The minimum Gasteiger partial charge on any atom is -0.380 e. The molecule has 0 fully saturated rings. The summed E-state index contributed by atoms with van der Waals surface area (Å²) in [4.78, 5) is 24.6. The van der Waals surface area contributed by atoms with Crippen LogP contribution >= 0.6 is 11.3 Å². The molecular weight excluding hydrogens is 341 g/mol. The number of hydrogen-bond acceptors (Lipinski definition) is 4. The summed E-state index contributed by atoms with van der Waals surface area (Å²) >= 11 is 1.22. The quantitative estimate of drug-likeness (QED) is 0.677. The van der Waals surface area contributed by atoms with Gasteiger partial charge in [-0.1, -0.05) is 18.2 Å². The lowest BCUT2D eigenvalue weighted by atomic mass is 10.1. The molecule has 1 heterocycles. The van der Waals surface area contributed by atoms with Gasteiger partial charge in [-0.15, -0.1) is 11.3 Å². The molecule has 2 aromatic carbocycles. The Hall–Kier alpha value is -2.57. The first-order valence-electron chi connectivity index (χ1n) is 7.62. The van der Waals surface area contributed by atoms with Gasteiger partial charge in [-0.25, -0.2) is 4.39 Å². The standard InChI is InChI=1S/C19H16FNO3S/c1-11(22)12-5-3-6-13(9-12)21-19(23)18-14(10-24-2)17-15(20)7-4-8-16(17)25-18/h3-9H,10H2,1-2H3,(H,21,23). The first-order valence-corrected chi connectivity index (χ1v) is 8.44. The summed E-state index contributed by atoms with van der Waals surface area (Å²) in [7, 11) is 1.50. The summed E-state index contributed by atoms with van der Waals surface area (Å²) in [6.45, 7) is 1.60. The number of methoxy groups -OCH3 is 1. The van der Waals surface area contributed by atoms with Crippen molar-refractivity contribution >= 4 is 38.8 Å². The highest BCUT2D eigenvalue weighted by Gasteiger charge is 2.21. The maximum atomic E-state index is 14.2. The average molecular weight is 357 g/mol. The zero-order valence-electron chi connectivity index (χ0n) is 13.8. The molecular formula is C19H16FNO3S. The van der Waals surface area contributed by atoms with Crippen LogP contribution in [0.2, 0.25) is 0 Å². The van der Waals surface area contributed by atoms with Crippen LogP contribution in [0, 0.1) is 5.82 Å². The third-order valence-electron chi connectivity index (χ3n) is 3.79. The fourth-order valence-electron chi connectivity index (χ4n) is 2.64. The molecule has 4 nitrogen and oxygen atoms in total. The number of fused-ring (bicyclic) bond motifs is 1. The topological polar surface area (TPSA) is 55.4 Å². The van der Waals surface area contributed by atoms with Crippen molar-refractivity contribution < 1.29 is 18.7 Å². The van der Waals surface area contributed by atoms with Crippen molar-refractivity contribution in [2.45, 2.75) is 13.5 Å². The number of amides is 1. The number of rotatable bonds is 5. The first kappa shape index (κ1) is 17.3. The lowest BCUT2D eigenvalue weighted by molar-refractivity contribution is 0.101. The SMILES string of the molecule is COCc1c(C(=O)Nc2cccc(C(C)=O)c2)sc2cccc(F)c12. The van der Waals surface area contributed by atoms with E-state index in [1.807, 2.05) is 0 Å². The molecule has 0 unspecified atom stereocenters. The maximum Gasteiger partial charge on any atom is 0.266 e. The summed E-state index contributed by atoms with van der Waals surface area (Å²) in [5.74, 6) is -0.813. The highest BCUT2D eigenvalue weighted by molar-refractivity contribution is 7.21. The molecule has 1 aromatic heterocycles. The van der Waals surface area contributed by atoms with Gasteiger partial charge in [0.25, 0.3) is 5.91 Å². The lowest BCUT2D eigenvalue weighted by Crippen LogP contribution is -2.13. The maximum absolute atomic E-state index is 14.2. The molecule has 0 aliphatic rings. The van der Waals surface area contributed by atoms with Crippen molar-refractivity contribution in [1.82, 2.24) is 0 Å². The first-order chi connectivity index (χ1) is 12.0. The zero-order valence-corrected chi connectivity index (χ0v) is 14.6. The number of anilines is 1. The molecule has 3 rings (SSSR count). The van der Waals surface area contributed by atoms with Crippen molar-refractivity contribution in [3.05, 3.63) is 64.3 Å². The van der Waals surface area contributed by atoms with E-state index in [0.717, 1.165) is 0 Å². The minimum absolute atomic E-state index is 0.0832. The summed E-state index contributed by atoms with van der Waals surface area (Å²) in [6, 6.07) is 11.5. The van der Waals surface area contributed by atoms with E-state index in [0.29, 0.717) is 31.8 Å². The lowest BCUT2D eigenvalue weighted by Gasteiger charge is -2.07. The molecule has 128 valence electrons. The number of carbonyl (C=O) groups is 2. The van der Waals surface area contributed by atoms with Crippen molar-refractivity contribution in [3.63, 3.8) is 0 Å². The number of hydrogen-bond donors (Lipinski definition) is 1. The minimum atomic E-state index is -0.376. The van der Waals surface area contributed by atoms with Crippen LogP contribution < -0.4 is 5.32 Å². The fraction of sp³-hybridized carbons (Fsp3) is 0.158. The Labute approximate surface area is 148 Å². The van der Waals surface area contributed by atoms with Crippen LogP contribution in [0.4, 0.5) is 10.1 Å².